The third-order valence-electron chi connectivity index (χ3n) is 3.04. The van der Waals surface area contributed by atoms with Gasteiger partial charge in [-0.25, -0.2) is 0 Å². The molecule has 2 rings (SSSR count). The average molecular weight is 270 g/mol. The van der Waals surface area contributed by atoms with E-state index in [1.807, 2.05) is 43.3 Å². The number of esters is 1. The molecule has 0 saturated carbocycles. The predicted molar refractivity (Wildman–Crippen MR) is 79.1 cm³/mol. The van der Waals surface area contributed by atoms with E-state index in [4.69, 9.17) is 9.47 Å². The summed E-state index contributed by atoms with van der Waals surface area (Å²) in [4.78, 5) is 11.5. The Balaban J connectivity index is 2.52. The standard InChI is InChI=1S/C17H18O3/c1-4-17(18)20-16-8-6-5-7-13(16)14-11-12(2)9-10-15(14)19-3/h5-11H,4H2,1-3H3. The zero-order valence-electron chi connectivity index (χ0n) is 12.0. The van der Waals surface area contributed by atoms with Crippen molar-refractivity contribution in [3.05, 3.63) is 48.0 Å². The molecule has 0 fully saturated rings. The van der Waals surface area contributed by atoms with Gasteiger partial charge in [0.15, 0.2) is 0 Å². The number of para-hydroxylation sites is 1. The van der Waals surface area contributed by atoms with E-state index in [0.29, 0.717) is 12.2 Å². The van der Waals surface area contributed by atoms with Crippen molar-refractivity contribution in [2.24, 2.45) is 0 Å². The Bertz CT molecular complexity index is 617. The highest BCUT2D eigenvalue weighted by Gasteiger charge is 2.13. The smallest absolute Gasteiger partial charge is 0.310 e. The SMILES string of the molecule is CCC(=O)Oc1ccccc1-c1cc(C)ccc1OC. The molecule has 0 N–H and O–H groups in total. The molecule has 0 saturated heterocycles. The highest BCUT2D eigenvalue weighted by molar-refractivity contribution is 5.80. The Morgan fingerprint density at radius 3 is 2.50 bits per heavy atom. The summed E-state index contributed by atoms with van der Waals surface area (Å²) in [5, 5.41) is 0. The highest BCUT2D eigenvalue weighted by Crippen LogP contribution is 2.36. The Morgan fingerprint density at radius 1 is 1.05 bits per heavy atom. The topological polar surface area (TPSA) is 35.5 Å². The molecular weight excluding hydrogens is 252 g/mol. The number of benzene rings is 2. The Hall–Kier alpha value is -2.29. The number of hydrogen-bond acceptors (Lipinski definition) is 3. The molecular formula is C17H18O3. The fraction of sp³-hybridized carbons (Fsp3) is 0.235. The van der Waals surface area contributed by atoms with Crippen molar-refractivity contribution in [3.63, 3.8) is 0 Å². The first-order valence-electron chi connectivity index (χ1n) is 6.60. The molecule has 104 valence electrons. The molecule has 0 spiro atoms. The molecule has 2 aromatic carbocycles. The monoisotopic (exact) mass is 270 g/mol. The largest absolute Gasteiger partial charge is 0.496 e. The van der Waals surface area contributed by atoms with Gasteiger partial charge in [-0.05, 0) is 25.1 Å². The second-order valence-electron chi connectivity index (χ2n) is 4.53. The number of carbonyl (C=O) groups excluding carboxylic acids is 1. The van der Waals surface area contributed by atoms with Gasteiger partial charge in [-0.1, -0.05) is 36.8 Å². The minimum absolute atomic E-state index is 0.246. The van der Waals surface area contributed by atoms with Crippen LogP contribution < -0.4 is 9.47 Å². The van der Waals surface area contributed by atoms with Crippen LogP contribution in [0.2, 0.25) is 0 Å². The molecule has 0 aliphatic rings. The molecule has 3 heteroatoms. The van der Waals surface area contributed by atoms with Crippen LogP contribution in [0.3, 0.4) is 0 Å². The predicted octanol–water partition coefficient (Wildman–Crippen LogP) is 3.99. The first kappa shape index (κ1) is 14.1. The van der Waals surface area contributed by atoms with Crippen LogP contribution in [0.25, 0.3) is 11.1 Å². The van der Waals surface area contributed by atoms with Gasteiger partial charge in [-0.15, -0.1) is 0 Å². The van der Waals surface area contributed by atoms with E-state index in [2.05, 4.69) is 0 Å². The van der Waals surface area contributed by atoms with E-state index in [0.717, 1.165) is 22.4 Å². The van der Waals surface area contributed by atoms with Gasteiger partial charge in [0.1, 0.15) is 11.5 Å². The summed E-state index contributed by atoms with van der Waals surface area (Å²) in [6, 6.07) is 13.4. The molecule has 0 atom stereocenters. The third kappa shape index (κ3) is 2.99. The van der Waals surface area contributed by atoms with E-state index >= 15 is 0 Å². The molecule has 0 bridgehead atoms. The summed E-state index contributed by atoms with van der Waals surface area (Å²) in [6.07, 6.45) is 0.347. The van der Waals surface area contributed by atoms with E-state index in [-0.39, 0.29) is 5.97 Å². The van der Waals surface area contributed by atoms with Crippen LogP contribution in [-0.4, -0.2) is 13.1 Å². The fourth-order valence-corrected chi connectivity index (χ4v) is 2.01. The molecule has 0 radical (unpaired) electrons. The van der Waals surface area contributed by atoms with Gasteiger partial charge in [0.2, 0.25) is 0 Å². The Labute approximate surface area is 119 Å². The summed E-state index contributed by atoms with van der Waals surface area (Å²) >= 11 is 0. The van der Waals surface area contributed by atoms with Crippen LogP contribution in [0, 0.1) is 6.92 Å². The zero-order valence-corrected chi connectivity index (χ0v) is 12.0. The maximum Gasteiger partial charge on any atom is 0.310 e. The van der Waals surface area contributed by atoms with Gasteiger partial charge in [-0.2, -0.15) is 0 Å². The highest BCUT2D eigenvalue weighted by atomic mass is 16.5. The van der Waals surface area contributed by atoms with E-state index < -0.39 is 0 Å². The van der Waals surface area contributed by atoms with E-state index in [1.165, 1.54) is 0 Å². The van der Waals surface area contributed by atoms with Gasteiger partial charge in [-0.3, -0.25) is 4.79 Å². The molecule has 3 nitrogen and oxygen atoms in total. The first-order valence-corrected chi connectivity index (χ1v) is 6.60. The van der Waals surface area contributed by atoms with Gasteiger partial charge in [0, 0.05) is 17.5 Å². The van der Waals surface area contributed by atoms with Crippen molar-refractivity contribution in [2.45, 2.75) is 20.3 Å². The number of rotatable bonds is 4. The zero-order chi connectivity index (χ0) is 14.5. The molecule has 0 amide bonds. The van der Waals surface area contributed by atoms with Gasteiger partial charge in [0.25, 0.3) is 0 Å². The van der Waals surface area contributed by atoms with Crippen LogP contribution in [0.4, 0.5) is 0 Å². The maximum atomic E-state index is 11.5. The number of hydrogen-bond donors (Lipinski definition) is 0. The van der Waals surface area contributed by atoms with Crippen molar-refractivity contribution >= 4 is 5.97 Å². The van der Waals surface area contributed by atoms with Crippen molar-refractivity contribution < 1.29 is 14.3 Å². The van der Waals surface area contributed by atoms with Gasteiger partial charge in [0.05, 0.1) is 7.11 Å². The normalized spacial score (nSPS) is 10.2. The third-order valence-corrected chi connectivity index (χ3v) is 3.04. The van der Waals surface area contributed by atoms with Gasteiger partial charge < -0.3 is 9.47 Å². The quantitative estimate of drug-likeness (QED) is 0.622. The molecule has 2 aromatic rings. The first-order chi connectivity index (χ1) is 9.65. The molecule has 20 heavy (non-hydrogen) atoms. The van der Waals surface area contributed by atoms with Crippen LogP contribution in [0.15, 0.2) is 42.5 Å². The summed E-state index contributed by atoms with van der Waals surface area (Å²) in [7, 11) is 1.63. The summed E-state index contributed by atoms with van der Waals surface area (Å²) < 4.78 is 10.8. The molecule has 0 aromatic heterocycles. The lowest BCUT2D eigenvalue weighted by atomic mass is 10.0. The summed E-state index contributed by atoms with van der Waals surface area (Å²) in [6.45, 7) is 3.79. The number of ether oxygens (including phenoxy) is 2. The lowest BCUT2D eigenvalue weighted by Gasteiger charge is -2.13. The molecule has 0 unspecified atom stereocenters. The van der Waals surface area contributed by atoms with Gasteiger partial charge >= 0.3 is 5.97 Å². The van der Waals surface area contributed by atoms with Crippen LogP contribution in [-0.2, 0) is 4.79 Å². The minimum Gasteiger partial charge on any atom is -0.496 e. The molecule has 0 aliphatic carbocycles. The fourth-order valence-electron chi connectivity index (χ4n) is 2.01. The summed E-state index contributed by atoms with van der Waals surface area (Å²) in [5.74, 6) is 1.07. The Morgan fingerprint density at radius 2 is 1.80 bits per heavy atom. The average Bonchev–Trinajstić information content (AvgIpc) is 2.47. The number of aryl methyl sites for hydroxylation is 1. The lowest BCUT2D eigenvalue weighted by Crippen LogP contribution is -2.06. The Kier molecular flexibility index (Phi) is 4.41. The second-order valence-corrected chi connectivity index (χ2v) is 4.53. The number of carbonyl (C=O) groups is 1. The summed E-state index contributed by atoms with van der Waals surface area (Å²) in [5.41, 5.74) is 2.90. The van der Waals surface area contributed by atoms with Crippen molar-refractivity contribution in [1.29, 1.82) is 0 Å². The van der Waals surface area contributed by atoms with Crippen LogP contribution >= 0.6 is 0 Å². The van der Waals surface area contributed by atoms with Crippen molar-refractivity contribution in [1.82, 2.24) is 0 Å². The maximum absolute atomic E-state index is 11.5. The lowest BCUT2D eigenvalue weighted by molar-refractivity contribution is -0.133. The molecule has 0 heterocycles. The minimum atomic E-state index is -0.246. The van der Waals surface area contributed by atoms with Crippen LogP contribution in [0.1, 0.15) is 18.9 Å². The van der Waals surface area contributed by atoms with E-state index in [1.54, 1.807) is 20.1 Å². The molecule has 0 aliphatic heterocycles. The van der Waals surface area contributed by atoms with Crippen LogP contribution in [0.5, 0.6) is 11.5 Å². The number of methoxy groups -OCH3 is 1. The van der Waals surface area contributed by atoms with Crippen molar-refractivity contribution in [2.75, 3.05) is 7.11 Å². The van der Waals surface area contributed by atoms with Crippen molar-refractivity contribution in [3.8, 4) is 22.6 Å². The second kappa shape index (κ2) is 6.24. The van der Waals surface area contributed by atoms with E-state index in [9.17, 15) is 4.79 Å².